The first kappa shape index (κ1) is 18.8. The Morgan fingerprint density at radius 3 is 2.92 bits per heavy atom. The van der Waals surface area contributed by atoms with Gasteiger partial charge in [0.2, 0.25) is 0 Å². The van der Waals surface area contributed by atoms with Crippen molar-refractivity contribution in [3.05, 3.63) is 29.8 Å². The molecule has 25 heavy (non-hydrogen) atoms. The summed E-state index contributed by atoms with van der Waals surface area (Å²) in [6.45, 7) is 6.69. The van der Waals surface area contributed by atoms with Gasteiger partial charge in [-0.05, 0) is 55.4 Å². The van der Waals surface area contributed by atoms with Gasteiger partial charge in [-0.15, -0.1) is 5.10 Å². The lowest BCUT2D eigenvalue weighted by atomic mass is 10.2. The fourth-order valence-corrected chi connectivity index (χ4v) is 2.11. The molecule has 2 rings (SSSR count). The van der Waals surface area contributed by atoms with E-state index in [1.165, 1.54) is 4.80 Å². The summed E-state index contributed by atoms with van der Waals surface area (Å²) in [4.78, 5) is 13.8. The third-order valence-electron chi connectivity index (χ3n) is 3.34. The lowest BCUT2D eigenvalue weighted by molar-refractivity contribution is 0.0977. The van der Waals surface area contributed by atoms with Crippen molar-refractivity contribution < 1.29 is 9.53 Å². The fraction of sp³-hybridized carbons (Fsp3) is 0.438. The first-order valence-corrected chi connectivity index (χ1v) is 8.59. The fourth-order valence-electron chi connectivity index (χ4n) is 1.92. The topological polar surface area (TPSA) is 94.0 Å². The van der Waals surface area contributed by atoms with Crippen molar-refractivity contribution in [3.63, 3.8) is 0 Å². The van der Waals surface area contributed by atoms with Gasteiger partial charge in [-0.3, -0.25) is 15.4 Å². The van der Waals surface area contributed by atoms with Crippen molar-refractivity contribution in [2.45, 2.75) is 46.3 Å². The van der Waals surface area contributed by atoms with E-state index >= 15 is 0 Å². The van der Waals surface area contributed by atoms with Gasteiger partial charge in [0, 0.05) is 5.56 Å². The van der Waals surface area contributed by atoms with Gasteiger partial charge in [0.05, 0.1) is 12.6 Å². The molecule has 0 aliphatic carbocycles. The standard InChI is InChI=1S/C16H22N6O2S/c1-4-9-22-20-15(19-21-22)18-16(25)17-14(23)12-7-6-8-13(10-12)24-11(3)5-2/h6-8,10-11H,4-5,9H2,1-3H3,(H2,17,18,20,23,25). The number of tetrazole rings is 1. The number of aryl methyl sites for hydroxylation is 1. The molecule has 1 atom stereocenters. The van der Waals surface area contributed by atoms with Gasteiger partial charge in [-0.2, -0.15) is 4.80 Å². The van der Waals surface area contributed by atoms with Gasteiger partial charge < -0.3 is 4.74 Å². The summed E-state index contributed by atoms with van der Waals surface area (Å²) in [5, 5.41) is 17.2. The minimum atomic E-state index is -0.340. The third kappa shape index (κ3) is 5.79. The van der Waals surface area contributed by atoms with Crippen molar-refractivity contribution in [3.8, 4) is 5.75 Å². The zero-order chi connectivity index (χ0) is 18.2. The van der Waals surface area contributed by atoms with Crippen LogP contribution in [0.15, 0.2) is 24.3 Å². The van der Waals surface area contributed by atoms with Crippen LogP contribution in [0, 0.1) is 0 Å². The maximum absolute atomic E-state index is 12.3. The predicted molar refractivity (Wildman–Crippen MR) is 98.6 cm³/mol. The summed E-state index contributed by atoms with van der Waals surface area (Å²) in [7, 11) is 0. The number of nitrogens with one attached hydrogen (secondary N) is 2. The number of anilines is 1. The molecule has 0 saturated heterocycles. The molecule has 1 amide bonds. The molecule has 9 heteroatoms. The van der Waals surface area contributed by atoms with E-state index in [1.807, 2.05) is 26.8 Å². The van der Waals surface area contributed by atoms with Gasteiger partial charge in [-0.1, -0.05) is 25.0 Å². The molecular formula is C16H22N6O2S. The molecule has 0 aliphatic rings. The number of aromatic nitrogens is 4. The molecule has 0 spiro atoms. The summed E-state index contributed by atoms with van der Waals surface area (Å²) in [5.74, 6) is 0.547. The number of benzene rings is 1. The van der Waals surface area contributed by atoms with E-state index < -0.39 is 0 Å². The van der Waals surface area contributed by atoms with Crippen LogP contribution in [0.1, 0.15) is 44.0 Å². The van der Waals surface area contributed by atoms with E-state index in [0.717, 1.165) is 12.8 Å². The summed E-state index contributed by atoms with van der Waals surface area (Å²) in [6.07, 6.45) is 1.86. The van der Waals surface area contributed by atoms with Gasteiger partial charge in [0.15, 0.2) is 5.11 Å². The van der Waals surface area contributed by atoms with E-state index in [1.54, 1.807) is 18.2 Å². The third-order valence-corrected chi connectivity index (χ3v) is 3.54. The van der Waals surface area contributed by atoms with Crippen LogP contribution in [0.3, 0.4) is 0 Å². The highest BCUT2D eigenvalue weighted by Gasteiger charge is 2.11. The Bertz CT molecular complexity index is 733. The summed E-state index contributed by atoms with van der Waals surface area (Å²) in [6, 6.07) is 6.95. The van der Waals surface area contributed by atoms with E-state index in [-0.39, 0.29) is 23.1 Å². The molecule has 0 saturated carbocycles. The van der Waals surface area contributed by atoms with E-state index in [4.69, 9.17) is 17.0 Å². The maximum atomic E-state index is 12.3. The molecule has 0 aliphatic heterocycles. The highest BCUT2D eigenvalue weighted by molar-refractivity contribution is 7.80. The molecule has 1 aromatic heterocycles. The van der Waals surface area contributed by atoms with Crippen molar-refractivity contribution >= 4 is 29.2 Å². The summed E-state index contributed by atoms with van der Waals surface area (Å²) < 4.78 is 5.72. The lowest BCUT2D eigenvalue weighted by Gasteiger charge is -2.13. The number of ether oxygens (including phenoxy) is 1. The number of amides is 1. The van der Waals surface area contributed by atoms with Crippen LogP contribution in [0.2, 0.25) is 0 Å². The summed E-state index contributed by atoms with van der Waals surface area (Å²) in [5.41, 5.74) is 0.451. The highest BCUT2D eigenvalue weighted by atomic mass is 32.1. The molecule has 2 aromatic rings. The molecule has 1 unspecified atom stereocenters. The smallest absolute Gasteiger partial charge is 0.269 e. The second kappa shape index (κ2) is 9.07. The molecule has 1 aromatic carbocycles. The molecule has 8 nitrogen and oxygen atoms in total. The van der Waals surface area contributed by atoms with Crippen molar-refractivity contribution in [1.29, 1.82) is 0 Å². The lowest BCUT2D eigenvalue weighted by Crippen LogP contribution is -2.34. The van der Waals surface area contributed by atoms with Gasteiger partial charge in [-0.25, -0.2) is 0 Å². The largest absolute Gasteiger partial charge is 0.491 e. The SMILES string of the molecule is CCCn1nnc(NC(=S)NC(=O)c2cccc(OC(C)CC)c2)n1. The minimum absolute atomic E-state index is 0.0814. The molecule has 0 bridgehead atoms. The van der Waals surface area contributed by atoms with Crippen molar-refractivity contribution in [2.24, 2.45) is 0 Å². The van der Waals surface area contributed by atoms with Crippen LogP contribution in [-0.4, -0.2) is 37.3 Å². The average Bonchev–Trinajstić information content (AvgIpc) is 3.02. The zero-order valence-corrected chi connectivity index (χ0v) is 15.3. The van der Waals surface area contributed by atoms with Crippen LogP contribution >= 0.6 is 12.2 Å². The zero-order valence-electron chi connectivity index (χ0n) is 14.5. The molecule has 0 radical (unpaired) electrons. The first-order valence-electron chi connectivity index (χ1n) is 8.18. The number of nitrogens with zero attached hydrogens (tertiary/aromatic N) is 4. The number of rotatable bonds is 7. The number of hydrogen-bond donors (Lipinski definition) is 2. The van der Waals surface area contributed by atoms with Crippen LogP contribution in [0.25, 0.3) is 0 Å². The monoisotopic (exact) mass is 362 g/mol. The molecule has 1 heterocycles. The molecule has 2 N–H and O–H groups in total. The predicted octanol–water partition coefficient (Wildman–Crippen LogP) is 2.39. The molecular weight excluding hydrogens is 340 g/mol. The number of carbonyl (C=O) groups excluding carboxylic acids is 1. The Morgan fingerprint density at radius 2 is 2.20 bits per heavy atom. The van der Waals surface area contributed by atoms with Gasteiger partial charge in [0.1, 0.15) is 5.75 Å². The van der Waals surface area contributed by atoms with Gasteiger partial charge >= 0.3 is 0 Å². The summed E-state index contributed by atoms with van der Waals surface area (Å²) >= 11 is 5.12. The second-order valence-corrected chi connectivity index (χ2v) is 5.89. The Morgan fingerprint density at radius 1 is 1.40 bits per heavy atom. The minimum Gasteiger partial charge on any atom is -0.491 e. The van der Waals surface area contributed by atoms with E-state index in [0.29, 0.717) is 17.9 Å². The van der Waals surface area contributed by atoms with Gasteiger partial charge in [0.25, 0.3) is 11.9 Å². The molecule has 134 valence electrons. The number of hydrogen-bond acceptors (Lipinski definition) is 6. The van der Waals surface area contributed by atoms with Crippen molar-refractivity contribution in [1.82, 2.24) is 25.5 Å². The van der Waals surface area contributed by atoms with E-state index in [9.17, 15) is 4.79 Å². The quantitative estimate of drug-likeness (QED) is 0.730. The van der Waals surface area contributed by atoms with Crippen LogP contribution in [0.5, 0.6) is 5.75 Å². The van der Waals surface area contributed by atoms with Crippen molar-refractivity contribution in [2.75, 3.05) is 5.32 Å². The Balaban J connectivity index is 1.94. The number of thiocarbonyl (C=S) groups is 1. The maximum Gasteiger partial charge on any atom is 0.269 e. The number of carbonyl (C=O) groups is 1. The average molecular weight is 362 g/mol. The van der Waals surface area contributed by atoms with Crippen LogP contribution < -0.4 is 15.4 Å². The Labute approximate surface area is 151 Å². The molecule has 0 fully saturated rings. The Hall–Kier alpha value is -2.55. The Kier molecular flexibility index (Phi) is 6.81. The highest BCUT2D eigenvalue weighted by Crippen LogP contribution is 2.16. The first-order chi connectivity index (χ1) is 12.0. The van der Waals surface area contributed by atoms with Crippen LogP contribution in [0.4, 0.5) is 5.95 Å². The normalized spacial score (nSPS) is 11.6. The van der Waals surface area contributed by atoms with E-state index in [2.05, 4.69) is 26.0 Å². The second-order valence-electron chi connectivity index (χ2n) is 5.48. The van der Waals surface area contributed by atoms with Crippen LogP contribution in [-0.2, 0) is 6.54 Å².